The van der Waals surface area contributed by atoms with Crippen LogP contribution in [0.3, 0.4) is 0 Å². The van der Waals surface area contributed by atoms with E-state index < -0.39 is 0 Å². The Balaban J connectivity index is 2.26. The summed E-state index contributed by atoms with van der Waals surface area (Å²) in [4.78, 5) is 7.31. The third-order valence-corrected chi connectivity index (χ3v) is 4.29. The number of rotatable bonds is 4. The normalized spacial score (nSPS) is 11.6. The Morgan fingerprint density at radius 2 is 2.42 bits per heavy atom. The Morgan fingerprint density at radius 3 is 3.05 bits per heavy atom. The first-order chi connectivity index (χ1) is 9.11. The third-order valence-electron chi connectivity index (χ3n) is 2.61. The lowest BCUT2D eigenvalue weighted by Gasteiger charge is -2.20. The summed E-state index contributed by atoms with van der Waals surface area (Å²) in [6.07, 6.45) is 3.32. The van der Waals surface area contributed by atoms with Crippen molar-refractivity contribution in [1.29, 1.82) is 0 Å². The van der Waals surface area contributed by atoms with Crippen LogP contribution in [0, 0.1) is 0 Å². The number of pyridine rings is 1. The minimum atomic E-state index is 0.0802. The first-order valence-electron chi connectivity index (χ1n) is 5.47. The van der Waals surface area contributed by atoms with Gasteiger partial charge in [0.25, 0.3) is 0 Å². The molecule has 0 bridgehead atoms. The van der Waals surface area contributed by atoms with Crippen molar-refractivity contribution < 1.29 is 5.21 Å². The second-order valence-electron chi connectivity index (χ2n) is 3.97. The van der Waals surface area contributed by atoms with Gasteiger partial charge in [-0.05, 0) is 28.1 Å². The summed E-state index contributed by atoms with van der Waals surface area (Å²) in [6, 6.07) is 3.80. The van der Waals surface area contributed by atoms with Gasteiger partial charge < -0.3 is 15.8 Å². The van der Waals surface area contributed by atoms with Crippen LogP contribution in [-0.4, -0.2) is 23.1 Å². The first-order valence-corrected chi connectivity index (χ1v) is 7.15. The SMILES string of the molecule is CN(Cc1cc(Br)cs1)c1cnccc1/C(N)=N/O. The minimum Gasteiger partial charge on any atom is -0.409 e. The average Bonchev–Trinajstić information content (AvgIpc) is 2.83. The zero-order valence-electron chi connectivity index (χ0n) is 10.2. The number of halogens is 1. The lowest BCUT2D eigenvalue weighted by Crippen LogP contribution is -2.22. The molecule has 0 saturated heterocycles. The van der Waals surface area contributed by atoms with Crippen LogP contribution in [0.1, 0.15) is 10.4 Å². The zero-order valence-corrected chi connectivity index (χ0v) is 12.6. The van der Waals surface area contributed by atoms with E-state index in [-0.39, 0.29) is 5.84 Å². The van der Waals surface area contributed by atoms with E-state index in [9.17, 15) is 0 Å². The van der Waals surface area contributed by atoms with Crippen molar-refractivity contribution in [1.82, 2.24) is 4.98 Å². The Bertz CT molecular complexity index is 599. The second-order valence-corrected chi connectivity index (χ2v) is 5.88. The lowest BCUT2D eigenvalue weighted by atomic mass is 10.2. The number of amidine groups is 1. The van der Waals surface area contributed by atoms with Crippen molar-refractivity contribution in [2.75, 3.05) is 11.9 Å². The molecule has 2 aromatic heterocycles. The maximum absolute atomic E-state index is 8.81. The Kier molecular flexibility index (Phi) is 4.39. The van der Waals surface area contributed by atoms with E-state index in [1.807, 2.05) is 17.3 Å². The van der Waals surface area contributed by atoms with E-state index in [4.69, 9.17) is 10.9 Å². The molecule has 0 aliphatic rings. The van der Waals surface area contributed by atoms with Gasteiger partial charge in [-0.3, -0.25) is 4.98 Å². The van der Waals surface area contributed by atoms with Gasteiger partial charge in [0.05, 0.1) is 18.4 Å². The molecule has 5 nitrogen and oxygen atoms in total. The van der Waals surface area contributed by atoms with Crippen LogP contribution in [-0.2, 0) is 6.54 Å². The molecule has 0 amide bonds. The second kappa shape index (κ2) is 6.03. The summed E-state index contributed by atoms with van der Waals surface area (Å²) in [5, 5.41) is 13.9. The predicted octanol–water partition coefficient (Wildman–Crippen LogP) is 2.64. The number of anilines is 1. The van der Waals surface area contributed by atoms with E-state index in [0.717, 1.165) is 16.7 Å². The van der Waals surface area contributed by atoms with Crippen molar-refractivity contribution in [3.63, 3.8) is 0 Å². The number of oxime groups is 1. The van der Waals surface area contributed by atoms with E-state index in [0.29, 0.717) is 5.56 Å². The molecule has 3 N–H and O–H groups in total. The van der Waals surface area contributed by atoms with Gasteiger partial charge in [-0.1, -0.05) is 5.16 Å². The molecular weight excluding hydrogens is 328 g/mol. The summed E-state index contributed by atoms with van der Waals surface area (Å²) in [6.45, 7) is 0.730. The lowest BCUT2D eigenvalue weighted by molar-refractivity contribution is 0.318. The molecule has 7 heteroatoms. The van der Waals surface area contributed by atoms with Gasteiger partial charge >= 0.3 is 0 Å². The fourth-order valence-corrected chi connectivity index (χ4v) is 3.22. The van der Waals surface area contributed by atoms with Crippen LogP contribution in [0.15, 0.2) is 39.5 Å². The summed E-state index contributed by atoms with van der Waals surface area (Å²) < 4.78 is 1.07. The summed E-state index contributed by atoms with van der Waals surface area (Å²) in [7, 11) is 1.94. The van der Waals surface area contributed by atoms with E-state index in [1.54, 1.807) is 29.8 Å². The van der Waals surface area contributed by atoms with Gasteiger partial charge in [0.1, 0.15) is 0 Å². The smallest absolute Gasteiger partial charge is 0.172 e. The highest BCUT2D eigenvalue weighted by Gasteiger charge is 2.12. The first kappa shape index (κ1) is 13.8. The minimum absolute atomic E-state index is 0.0802. The molecule has 0 aliphatic heterocycles. The summed E-state index contributed by atoms with van der Waals surface area (Å²) >= 11 is 5.11. The van der Waals surface area contributed by atoms with Gasteiger partial charge in [0, 0.05) is 33.5 Å². The largest absolute Gasteiger partial charge is 0.409 e. The van der Waals surface area contributed by atoms with Crippen LogP contribution in [0.4, 0.5) is 5.69 Å². The molecule has 0 radical (unpaired) electrons. The number of thiophene rings is 1. The van der Waals surface area contributed by atoms with E-state index >= 15 is 0 Å². The standard InChI is InChI=1S/C12H13BrN4OS/c1-17(6-9-4-8(13)7-19-9)11-5-15-3-2-10(11)12(14)16-18/h2-5,7,18H,6H2,1H3,(H2,14,16). The molecule has 2 heterocycles. The van der Waals surface area contributed by atoms with Crippen molar-refractivity contribution in [2.24, 2.45) is 10.9 Å². The van der Waals surface area contributed by atoms with Crippen LogP contribution < -0.4 is 10.6 Å². The highest BCUT2D eigenvalue weighted by Crippen LogP contribution is 2.24. The average molecular weight is 341 g/mol. The van der Waals surface area contributed by atoms with Crippen LogP contribution >= 0.6 is 27.3 Å². The van der Waals surface area contributed by atoms with E-state index in [1.165, 1.54) is 4.88 Å². The summed E-state index contributed by atoms with van der Waals surface area (Å²) in [5.41, 5.74) is 7.16. The Labute approximate surface area is 123 Å². The van der Waals surface area contributed by atoms with Crippen molar-refractivity contribution in [2.45, 2.75) is 6.54 Å². The Morgan fingerprint density at radius 1 is 1.63 bits per heavy atom. The fraction of sp³-hybridized carbons (Fsp3) is 0.167. The fourth-order valence-electron chi connectivity index (χ4n) is 1.72. The molecule has 0 atom stereocenters. The molecule has 100 valence electrons. The maximum atomic E-state index is 8.81. The number of nitrogens with zero attached hydrogens (tertiary/aromatic N) is 3. The molecule has 2 rings (SSSR count). The van der Waals surface area contributed by atoms with Gasteiger partial charge in [-0.25, -0.2) is 0 Å². The summed E-state index contributed by atoms with van der Waals surface area (Å²) in [5.74, 6) is 0.0802. The molecule has 0 fully saturated rings. The van der Waals surface area contributed by atoms with Gasteiger partial charge in [0.15, 0.2) is 5.84 Å². The Hall–Kier alpha value is -1.60. The topological polar surface area (TPSA) is 74.7 Å². The number of hydrogen-bond donors (Lipinski definition) is 2. The van der Waals surface area contributed by atoms with Gasteiger partial charge in [-0.15, -0.1) is 11.3 Å². The molecule has 0 unspecified atom stereocenters. The maximum Gasteiger partial charge on any atom is 0.172 e. The predicted molar refractivity (Wildman–Crippen MR) is 80.9 cm³/mol. The van der Waals surface area contributed by atoms with Crippen LogP contribution in [0.25, 0.3) is 0 Å². The highest BCUT2D eigenvalue weighted by molar-refractivity contribution is 9.10. The zero-order chi connectivity index (χ0) is 13.8. The van der Waals surface area contributed by atoms with Crippen molar-refractivity contribution in [3.8, 4) is 0 Å². The molecule has 2 aromatic rings. The number of aromatic nitrogens is 1. The number of nitrogens with two attached hydrogens (primary N) is 1. The molecule has 0 aliphatic carbocycles. The van der Waals surface area contributed by atoms with Gasteiger partial charge in [-0.2, -0.15) is 0 Å². The van der Waals surface area contributed by atoms with Crippen molar-refractivity contribution >= 4 is 38.8 Å². The van der Waals surface area contributed by atoms with Crippen LogP contribution in [0.2, 0.25) is 0 Å². The molecule has 0 spiro atoms. The van der Waals surface area contributed by atoms with Crippen LogP contribution in [0.5, 0.6) is 0 Å². The van der Waals surface area contributed by atoms with Crippen molar-refractivity contribution in [3.05, 3.63) is 44.8 Å². The molecular formula is C12H13BrN4OS. The molecule has 19 heavy (non-hydrogen) atoms. The molecule has 0 aromatic carbocycles. The monoisotopic (exact) mass is 340 g/mol. The number of hydrogen-bond acceptors (Lipinski definition) is 5. The quantitative estimate of drug-likeness (QED) is 0.388. The third kappa shape index (κ3) is 3.24. The van der Waals surface area contributed by atoms with Gasteiger partial charge in [0.2, 0.25) is 0 Å². The highest BCUT2D eigenvalue weighted by atomic mass is 79.9. The molecule has 0 saturated carbocycles. The van der Waals surface area contributed by atoms with E-state index in [2.05, 4.69) is 32.1 Å².